The van der Waals surface area contributed by atoms with Gasteiger partial charge in [0.25, 0.3) is 11.8 Å². The van der Waals surface area contributed by atoms with Crippen LogP contribution in [0.3, 0.4) is 0 Å². The Morgan fingerprint density at radius 2 is 1.80 bits per heavy atom. The lowest BCUT2D eigenvalue weighted by Crippen LogP contribution is -2.34. The van der Waals surface area contributed by atoms with Crippen LogP contribution in [0.5, 0.6) is 0 Å². The first-order valence-electron chi connectivity index (χ1n) is 8.66. The Balaban J connectivity index is 0.00000225. The molecule has 1 saturated carbocycles. The summed E-state index contributed by atoms with van der Waals surface area (Å²) in [6, 6.07) is 6.97. The zero-order valence-electron chi connectivity index (χ0n) is 14.2. The van der Waals surface area contributed by atoms with Crippen LogP contribution in [0, 0.1) is 5.92 Å². The number of rotatable bonds is 7. The number of carbonyl (C=O) groups is 2. The molecule has 0 spiro atoms. The van der Waals surface area contributed by atoms with Crippen LogP contribution < -0.4 is 11.1 Å². The molecule has 25 heavy (non-hydrogen) atoms. The van der Waals surface area contributed by atoms with Crippen molar-refractivity contribution in [2.24, 2.45) is 16.6 Å². The molecule has 1 heterocycles. The van der Waals surface area contributed by atoms with Crippen LogP contribution in [0.2, 0.25) is 0 Å². The van der Waals surface area contributed by atoms with Crippen LogP contribution in [0.25, 0.3) is 0 Å². The fraction of sp³-hybridized carbons (Fsp3) is 0.500. The number of imide groups is 1. The van der Waals surface area contributed by atoms with E-state index < -0.39 is 0 Å². The van der Waals surface area contributed by atoms with Gasteiger partial charge in [0, 0.05) is 19.6 Å². The number of hydrogen-bond acceptors (Lipinski definition) is 3. The van der Waals surface area contributed by atoms with Crippen LogP contribution in [0.4, 0.5) is 0 Å². The van der Waals surface area contributed by atoms with E-state index in [9.17, 15) is 9.59 Å². The minimum atomic E-state index is -0.190. The minimum absolute atomic E-state index is 0. The predicted molar refractivity (Wildman–Crippen MR) is 108 cm³/mol. The highest BCUT2D eigenvalue weighted by Crippen LogP contribution is 2.26. The standard InChI is InChI=1S/C18H24N4O2.HI/c19-18(21-12-13-6-5-7-13)20-10-3-4-11-22-16(23)14-8-1-2-9-15(14)17(22)24;/h1-2,8-9,13H,3-7,10-12H2,(H3,19,20,21);1H. The summed E-state index contributed by atoms with van der Waals surface area (Å²) in [5, 5.41) is 3.09. The molecule has 1 aliphatic carbocycles. The number of nitrogens with two attached hydrogens (primary N) is 1. The van der Waals surface area contributed by atoms with Crippen molar-refractivity contribution in [2.75, 3.05) is 19.6 Å². The third-order valence-electron chi connectivity index (χ3n) is 4.74. The summed E-state index contributed by atoms with van der Waals surface area (Å²) in [6.45, 7) is 1.95. The zero-order valence-corrected chi connectivity index (χ0v) is 16.6. The van der Waals surface area contributed by atoms with Gasteiger partial charge in [-0.25, -0.2) is 0 Å². The Bertz CT molecular complexity index is 623. The Morgan fingerprint density at radius 3 is 2.36 bits per heavy atom. The van der Waals surface area contributed by atoms with Crippen molar-refractivity contribution in [3.63, 3.8) is 0 Å². The van der Waals surface area contributed by atoms with E-state index in [1.807, 2.05) is 0 Å². The van der Waals surface area contributed by atoms with E-state index >= 15 is 0 Å². The second-order valence-electron chi connectivity index (χ2n) is 6.46. The summed E-state index contributed by atoms with van der Waals surface area (Å²) in [4.78, 5) is 30.1. The van der Waals surface area contributed by atoms with Crippen molar-refractivity contribution in [3.05, 3.63) is 35.4 Å². The smallest absolute Gasteiger partial charge is 0.261 e. The van der Waals surface area contributed by atoms with Gasteiger partial charge in [-0.05, 0) is 43.7 Å². The molecular weight excluding hydrogens is 431 g/mol. The highest BCUT2D eigenvalue weighted by Gasteiger charge is 2.34. The summed E-state index contributed by atoms with van der Waals surface area (Å²) in [6.07, 6.45) is 5.40. The molecule has 0 aromatic heterocycles. The van der Waals surface area contributed by atoms with Crippen molar-refractivity contribution in [2.45, 2.75) is 32.1 Å². The second-order valence-corrected chi connectivity index (χ2v) is 6.46. The molecule has 0 bridgehead atoms. The van der Waals surface area contributed by atoms with Crippen LogP contribution in [-0.2, 0) is 0 Å². The van der Waals surface area contributed by atoms with Gasteiger partial charge in [0.15, 0.2) is 5.96 Å². The van der Waals surface area contributed by atoms with Crippen molar-refractivity contribution in [1.29, 1.82) is 0 Å². The lowest BCUT2D eigenvalue weighted by molar-refractivity contribution is 0.0652. The van der Waals surface area contributed by atoms with E-state index in [-0.39, 0.29) is 35.8 Å². The molecule has 1 fully saturated rings. The molecule has 0 radical (unpaired) electrons. The topological polar surface area (TPSA) is 87.8 Å². The van der Waals surface area contributed by atoms with Gasteiger partial charge in [0.2, 0.25) is 0 Å². The molecule has 2 aliphatic rings. The molecule has 1 aromatic rings. The first-order chi connectivity index (χ1) is 11.7. The molecule has 3 rings (SSSR count). The number of guanidine groups is 1. The number of carbonyl (C=O) groups excluding carboxylic acids is 2. The Labute approximate surface area is 165 Å². The molecule has 0 unspecified atom stereocenters. The van der Waals surface area contributed by atoms with Gasteiger partial charge in [-0.3, -0.25) is 19.5 Å². The van der Waals surface area contributed by atoms with Gasteiger partial charge in [-0.2, -0.15) is 0 Å². The summed E-state index contributed by atoms with van der Waals surface area (Å²) in [7, 11) is 0. The van der Waals surface area contributed by atoms with E-state index in [2.05, 4.69) is 10.3 Å². The summed E-state index contributed by atoms with van der Waals surface area (Å²) in [5.74, 6) is 0.817. The monoisotopic (exact) mass is 456 g/mol. The number of halogens is 1. The van der Waals surface area contributed by atoms with Gasteiger partial charge in [0.05, 0.1) is 11.1 Å². The normalized spacial score (nSPS) is 17.1. The summed E-state index contributed by atoms with van der Waals surface area (Å²) < 4.78 is 0. The van der Waals surface area contributed by atoms with Gasteiger partial charge < -0.3 is 11.1 Å². The number of benzene rings is 1. The zero-order chi connectivity index (χ0) is 16.9. The predicted octanol–water partition coefficient (Wildman–Crippen LogP) is 2.39. The largest absolute Gasteiger partial charge is 0.370 e. The summed E-state index contributed by atoms with van der Waals surface area (Å²) in [5.41, 5.74) is 6.84. The van der Waals surface area contributed by atoms with E-state index in [1.165, 1.54) is 24.2 Å². The van der Waals surface area contributed by atoms with Crippen molar-refractivity contribution in [1.82, 2.24) is 10.2 Å². The molecule has 6 nitrogen and oxygen atoms in total. The maximum Gasteiger partial charge on any atom is 0.261 e. The Morgan fingerprint density at radius 1 is 1.16 bits per heavy atom. The SMILES string of the molecule is I.NC(=NCC1CCC1)NCCCCN1C(=O)c2ccccc2C1=O. The number of unbranched alkanes of at least 4 members (excludes halogenated alkanes) is 1. The second kappa shape index (κ2) is 9.17. The number of fused-ring (bicyclic) bond motifs is 1. The quantitative estimate of drug-likeness (QED) is 0.217. The third kappa shape index (κ3) is 4.71. The highest BCUT2D eigenvalue weighted by atomic mass is 127. The Hall–Kier alpha value is -1.64. The van der Waals surface area contributed by atoms with Crippen molar-refractivity contribution >= 4 is 41.8 Å². The first-order valence-corrected chi connectivity index (χ1v) is 8.66. The molecule has 1 aliphatic heterocycles. The van der Waals surface area contributed by atoms with Gasteiger partial charge in [0.1, 0.15) is 0 Å². The van der Waals surface area contributed by atoms with Crippen LogP contribution in [0.1, 0.15) is 52.8 Å². The lowest BCUT2D eigenvalue weighted by Gasteiger charge is -2.23. The number of nitrogens with one attached hydrogen (secondary N) is 1. The highest BCUT2D eigenvalue weighted by molar-refractivity contribution is 14.0. The molecule has 7 heteroatoms. The van der Waals surface area contributed by atoms with Crippen molar-refractivity contribution < 1.29 is 9.59 Å². The number of nitrogens with zero attached hydrogens (tertiary/aromatic N) is 2. The van der Waals surface area contributed by atoms with Gasteiger partial charge in [-0.15, -0.1) is 24.0 Å². The third-order valence-corrected chi connectivity index (χ3v) is 4.74. The van der Waals surface area contributed by atoms with Gasteiger partial charge in [-0.1, -0.05) is 18.6 Å². The summed E-state index contributed by atoms with van der Waals surface area (Å²) >= 11 is 0. The minimum Gasteiger partial charge on any atom is -0.370 e. The number of hydrogen-bond donors (Lipinski definition) is 2. The van der Waals surface area contributed by atoms with Crippen molar-refractivity contribution in [3.8, 4) is 0 Å². The maximum atomic E-state index is 12.2. The molecular formula is C18H25IN4O2. The lowest BCUT2D eigenvalue weighted by atomic mass is 9.86. The fourth-order valence-electron chi connectivity index (χ4n) is 3.01. The molecule has 2 amide bonds. The average Bonchev–Trinajstić information content (AvgIpc) is 2.78. The first kappa shape index (κ1) is 19.7. The van der Waals surface area contributed by atoms with Crippen LogP contribution in [0.15, 0.2) is 29.3 Å². The van der Waals surface area contributed by atoms with E-state index in [1.54, 1.807) is 24.3 Å². The molecule has 136 valence electrons. The maximum absolute atomic E-state index is 12.2. The molecule has 1 aromatic carbocycles. The number of amides is 2. The molecule has 0 saturated heterocycles. The van der Waals surface area contributed by atoms with E-state index in [4.69, 9.17) is 5.73 Å². The van der Waals surface area contributed by atoms with E-state index in [0.29, 0.717) is 36.1 Å². The Kier molecular flexibility index (Phi) is 7.22. The van der Waals surface area contributed by atoms with Crippen LogP contribution in [-0.4, -0.2) is 42.3 Å². The fourth-order valence-corrected chi connectivity index (χ4v) is 3.01. The molecule has 0 atom stereocenters. The van der Waals surface area contributed by atoms with Gasteiger partial charge >= 0.3 is 0 Å². The van der Waals surface area contributed by atoms with E-state index in [0.717, 1.165) is 19.4 Å². The average molecular weight is 456 g/mol. The molecule has 3 N–H and O–H groups in total. The van der Waals surface area contributed by atoms with Crippen LogP contribution >= 0.6 is 24.0 Å². The number of aliphatic imine (C=N–C) groups is 1.